The SMILES string of the molecule is CC#CCOc1ccc(S(=O)(=O)N(C)c2c(C)cc(I)cc2C(=O)OC)cc1. The Balaban J connectivity index is 2.44. The molecule has 0 heterocycles. The fourth-order valence-electron chi connectivity index (χ4n) is 2.60. The molecule has 6 nitrogen and oxygen atoms in total. The van der Waals surface area contributed by atoms with Crippen molar-refractivity contribution >= 4 is 44.3 Å². The van der Waals surface area contributed by atoms with Crippen LogP contribution in [0.1, 0.15) is 22.8 Å². The molecule has 28 heavy (non-hydrogen) atoms. The normalized spacial score (nSPS) is 10.6. The van der Waals surface area contributed by atoms with Crippen LogP contribution in [0, 0.1) is 22.3 Å². The molecule has 0 radical (unpaired) electrons. The number of halogens is 1. The van der Waals surface area contributed by atoms with Crippen molar-refractivity contribution in [2.45, 2.75) is 18.7 Å². The molecule has 0 amide bonds. The van der Waals surface area contributed by atoms with Crippen molar-refractivity contribution in [3.05, 3.63) is 51.1 Å². The summed E-state index contributed by atoms with van der Waals surface area (Å²) in [7, 11) is -1.22. The van der Waals surface area contributed by atoms with Crippen LogP contribution in [0.3, 0.4) is 0 Å². The number of nitrogens with zero attached hydrogens (tertiary/aromatic N) is 1. The van der Waals surface area contributed by atoms with E-state index in [2.05, 4.69) is 34.4 Å². The quantitative estimate of drug-likeness (QED) is 0.335. The number of ether oxygens (including phenoxy) is 2. The van der Waals surface area contributed by atoms with E-state index < -0.39 is 16.0 Å². The Kier molecular flexibility index (Phi) is 7.32. The zero-order valence-electron chi connectivity index (χ0n) is 15.9. The molecular weight excluding hydrogens is 493 g/mol. The lowest BCUT2D eigenvalue weighted by Gasteiger charge is -2.24. The molecule has 0 saturated heterocycles. The molecule has 0 aliphatic heterocycles. The van der Waals surface area contributed by atoms with Gasteiger partial charge in [0, 0.05) is 10.6 Å². The van der Waals surface area contributed by atoms with E-state index in [4.69, 9.17) is 9.47 Å². The number of aryl methyl sites for hydroxylation is 1. The van der Waals surface area contributed by atoms with Crippen LogP contribution in [0.2, 0.25) is 0 Å². The van der Waals surface area contributed by atoms with Crippen molar-refractivity contribution in [3.63, 3.8) is 0 Å². The minimum Gasteiger partial charge on any atom is -0.481 e. The number of anilines is 1. The van der Waals surface area contributed by atoms with Crippen LogP contribution in [-0.4, -0.2) is 35.2 Å². The first kappa shape index (κ1) is 22.0. The van der Waals surface area contributed by atoms with Crippen molar-refractivity contribution in [1.29, 1.82) is 0 Å². The summed E-state index contributed by atoms with van der Waals surface area (Å²) in [4.78, 5) is 12.3. The van der Waals surface area contributed by atoms with E-state index in [1.54, 1.807) is 38.1 Å². The molecule has 0 aromatic heterocycles. The highest BCUT2D eigenvalue weighted by Gasteiger charge is 2.27. The molecular formula is C20H20INO5S. The predicted octanol–water partition coefficient (Wildman–Crippen LogP) is 3.61. The summed E-state index contributed by atoms with van der Waals surface area (Å²) in [6, 6.07) is 9.47. The maximum absolute atomic E-state index is 13.1. The van der Waals surface area contributed by atoms with Crippen molar-refractivity contribution in [1.82, 2.24) is 0 Å². The standard InChI is InChI=1S/C20H20INO5S/c1-5-6-11-27-16-7-9-17(10-8-16)28(24,25)22(3)19-14(2)12-15(21)13-18(19)20(23)26-4/h7-10,12-13H,11H2,1-4H3. The fourth-order valence-corrected chi connectivity index (χ4v) is 4.65. The van der Waals surface area contributed by atoms with Gasteiger partial charge in [0.1, 0.15) is 12.4 Å². The summed E-state index contributed by atoms with van der Waals surface area (Å²) < 4.78 is 38.4. The van der Waals surface area contributed by atoms with Gasteiger partial charge in [0.25, 0.3) is 10.0 Å². The van der Waals surface area contributed by atoms with Gasteiger partial charge in [-0.05, 0) is 78.4 Å². The number of methoxy groups -OCH3 is 1. The number of esters is 1. The molecule has 2 aromatic carbocycles. The van der Waals surface area contributed by atoms with Crippen LogP contribution in [0.5, 0.6) is 5.75 Å². The van der Waals surface area contributed by atoms with Gasteiger partial charge in [-0.25, -0.2) is 13.2 Å². The monoisotopic (exact) mass is 513 g/mol. The average molecular weight is 513 g/mol. The van der Waals surface area contributed by atoms with Gasteiger partial charge < -0.3 is 9.47 Å². The Hall–Kier alpha value is -2.25. The second-order valence-electron chi connectivity index (χ2n) is 5.77. The van der Waals surface area contributed by atoms with Gasteiger partial charge in [-0.3, -0.25) is 4.31 Å². The molecule has 0 fully saturated rings. The Morgan fingerprint density at radius 2 is 1.86 bits per heavy atom. The van der Waals surface area contributed by atoms with Gasteiger partial charge >= 0.3 is 5.97 Å². The molecule has 0 atom stereocenters. The van der Waals surface area contributed by atoms with Crippen molar-refractivity contribution < 1.29 is 22.7 Å². The van der Waals surface area contributed by atoms with Gasteiger partial charge in [-0.2, -0.15) is 0 Å². The second-order valence-corrected chi connectivity index (χ2v) is 8.98. The Morgan fingerprint density at radius 1 is 1.21 bits per heavy atom. The maximum Gasteiger partial charge on any atom is 0.340 e. The lowest BCUT2D eigenvalue weighted by Crippen LogP contribution is -2.29. The number of carbonyl (C=O) groups is 1. The summed E-state index contributed by atoms with van der Waals surface area (Å²) in [6.45, 7) is 3.69. The molecule has 0 spiro atoms. The number of hydrogen-bond donors (Lipinski definition) is 0. The van der Waals surface area contributed by atoms with E-state index in [-0.39, 0.29) is 22.8 Å². The minimum atomic E-state index is -3.89. The number of benzene rings is 2. The van der Waals surface area contributed by atoms with Gasteiger partial charge in [-0.1, -0.05) is 5.92 Å². The first-order valence-electron chi connectivity index (χ1n) is 8.22. The zero-order chi connectivity index (χ0) is 20.9. The first-order valence-corrected chi connectivity index (χ1v) is 10.7. The average Bonchev–Trinajstić information content (AvgIpc) is 2.67. The molecule has 148 valence electrons. The molecule has 2 aromatic rings. The third-order valence-electron chi connectivity index (χ3n) is 3.96. The van der Waals surface area contributed by atoms with Crippen LogP contribution in [0.15, 0.2) is 41.3 Å². The highest BCUT2D eigenvalue weighted by Crippen LogP contribution is 2.32. The van der Waals surface area contributed by atoms with Gasteiger partial charge in [-0.15, -0.1) is 5.92 Å². The number of rotatable bonds is 6. The molecule has 0 aliphatic rings. The second kappa shape index (κ2) is 9.30. The van der Waals surface area contributed by atoms with Crippen LogP contribution >= 0.6 is 22.6 Å². The van der Waals surface area contributed by atoms with Crippen molar-refractivity contribution in [3.8, 4) is 17.6 Å². The summed E-state index contributed by atoms with van der Waals surface area (Å²) in [6.07, 6.45) is 0. The Labute approximate surface area is 179 Å². The predicted molar refractivity (Wildman–Crippen MR) is 116 cm³/mol. The molecule has 0 aliphatic carbocycles. The van der Waals surface area contributed by atoms with E-state index >= 15 is 0 Å². The van der Waals surface area contributed by atoms with Crippen molar-refractivity contribution in [2.24, 2.45) is 0 Å². The molecule has 8 heteroatoms. The highest BCUT2D eigenvalue weighted by atomic mass is 127. The molecule has 0 saturated carbocycles. The van der Waals surface area contributed by atoms with Crippen LogP contribution in [0.25, 0.3) is 0 Å². The highest BCUT2D eigenvalue weighted by molar-refractivity contribution is 14.1. The number of carbonyl (C=O) groups excluding carboxylic acids is 1. The fraction of sp³-hybridized carbons (Fsp3) is 0.250. The van der Waals surface area contributed by atoms with Crippen LogP contribution in [0.4, 0.5) is 5.69 Å². The number of sulfonamides is 1. The van der Waals surface area contributed by atoms with E-state index in [0.29, 0.717) is 11.3 Å². The number of hydrogen-bond acceptors (Lipinski definition) is 5. The third-order valence-corrected chi connectivity index (χ3v) is 6.35. The van der Waals surface area contributed by atoms with Crippen molar-refractivity contribution in [2.75, 3.05) is 25.1 Å². The van der Waals surface area contributed by atoms with Gasteiger partial charge in [0.05, 0.1) is 23.3 Å². The van der Waals surface area contributed by atoms with Gasteiger partial charge in [0.2, 0.25) is 0 Å². The zero-order valence-corrected chi connectivity index (χ0v) is 18.9. The molecule has 0 bridgehead atoms. The minimum absolute atomic E-state index is 0.0812. The topological polar surface area (TPSA) is 72.9 Å². The molecule has 0 unspecified atom stereocenters. The maximum atomic E-state index is 13.1. The van der Waals surface area contributed by atoms with Gasteiger partial charge in [0.15, 0.2) is 0 Å². The molecule has 2 rings (SSSR count). The first-order chi connectivity index (χ1) is 13.2. The Bertz CT molecular complexity index is 1040. The van der Waals surface area contributed by atoms with E-state index in [1.165, 1.54) is 26.3 Å². The summed E-state index contributed by atoms with van der Waals surface area (Å²) in [5.41, 5.74) is 1.12. The van der Waals surface area contributed by atoms with E-state index in [1.807, 2.05) is 0 Å². The third kappa shape index (κ3) is 4.77. The smallest absolute Gasteiger partial charge is 0.340 e. The lowest BCUT2D eigenvalue weighted by molar-refractivity contribution is 0.0601. The van der Waals surface area contributed by atoms with Crippen LogP contribution in [-0.2, 0) is 14.8 Å². The summed E-state index contributed by atoms with van der Waals surface area (Å²) >= 11 is 2.07. The largest absolute Gasteiger partial charge is 0.481 e. The lowest BCUT2D eigenvalue weighted by atomic mass is 10.1. The van der Waals surface area contributed by atoms with Crippen LogP contribution < -0.4 is 9.04 Å². The van der Waals surface area contributed by atoms with E-state index in [9.17, 15) is 13.2 Å². The molecule has 0 N–H and O–H groups in total. The Morgan fingerprint density at radius 3 is 2.43 bits per heavy atom. The summed E-state index contributed by atoms with van der Waals surface area (Å²) in [5, 5.41) is 0. The summed E-state index contributed by atoms with van der Waals surface area (Å²) in [5.74, 6) is 5.41. The van der Waals surface area contributed by atoms with E-state index in [0.717, 1.165) is 7.88 Å².